The molecule has 1 aromatic heterocycles. The van der Waals surface area contributed by atoms with Gasteiger partial charge in [-0.3, -0.25) is 9.88 Å². The van der Waals surface area contributed by atoms with Crippen molar-refractivity contribution in [1.29, 1.82) is 0 Å². The maximum Gasteiger partial charge on any atom is 0.0702 e. The van der Waals surface area contributed by atoms with Crippen molar-refractivity contribution in [3.8, 4) is 0 Å². The zero-order valence-electron chi connectivity index (χ0n) is 13.9. The highest BCUT2D eigenvalue weighted by molar-refractivity contribution is 5.14. The van der Waals surface area contributed by atoms with E-state index in [0.717, 1.165) is 50.5 Å². The quantitative estimate of drug-likeness (QED) is 0.815. The number of benzene rings is 1. The molecular formula is C20H26N2O. The van der Waals surface area contributed by atoms with Crippen molar-refractivity contribution in [2.24, 2.45) is 0 Å². The number of aryl methyl sites for hydroxylation is 2. The van der Waals surface area contributed by atoms with E-state index in [2.05, 4.69) is 65.3 Å². The Balaban J connectivity index is 1.44. The van der Waals surface area contributed by atoms with Crippen LogP contribution in [0.3, 0.4) is 0 Å². The Hall–Kier alpha value is -1.71. The molecule has 1 fully saturated rings. The summed E-state index contributed by atoms with van der Waals surface area (Å²) in [4.78, 5) is 7.08. The van der Waals surface area contributed by atoms with Gasteiger partial charge < -0.3 is 4.74 Å². The van der Waals surface area contributed by atoms with E-state index in [1.165, 1.54) is 12.0 Å². The average Bonchev–Trinajstić information content (AvgIpc) is 2.56. The normalized spacial score (nSPS) is 18.9. The first kappa shape index (κ1) is 16.2. The number of aromatic nitrogens is 1. The zero-order valence-corrected chi connectivity index (χ0v) is 13.9. The van der Waals surface area contributed by atoms with Crippen LogP contribution >= 0.6 is 0 Å². The third-order valence-corrected chi connectivity index (χ3v) is 4.39. The minimum absolute atomic E-state index is 0.359. The second-order valence-electron chi connectivity index (χ2n) is 6.38. The highest BCUT2D eigenvalue weighted by Gasteiger charge is 2.20. The molecular weight excluding hydrogens is 284 g/mol. The van der Waals surface area contributed by atoms with E-state index in [0.29, 0.717) is 6.10 Å². The van der Waals surface area contributed by atoms with Gasteiger partial charge in [-0.05, 0) is 43.9 Å². The molecule has 23 heavy (non-hydrogen) atoms. The summed E-state index contributed by atoms with van der Waals surface area (Å²) in [5.41, 5.74) is 3.68. The Kier molecular flexibility index (Phi) is 5.78. The van der Waals surface area contributed by atoms with Gasteiger partial charge in [0.15, 0.2) is 0 Å². The van der Waals surface area contributed by atoms with Crippen LogP contribution in [0, 0.1) is 6.92 Å². The van der Waals surface area contributed by atoms with Gasteiger partial charge >= 0.3 is 0 Å². The first-order valence-corrected chi connectivity index (χ1v) is 8.60. The molecule has 2 aromatic rings. The zero-order chi connectivity index (χ0) is 15.9. The van der Waals surface area contributed by atoms with Crippen molar-refractivity contribution in [2.75, 3.05) is 19.7 Å². The van der Waals surface area contributed by atoms with E-state index in [9.17, 15) is 0 Å². The number of morpholine rings is 1. The van der Waals surface area contributed by atoms with Gasteiger partial charge in [0.1, 0.15) is 0 Å². The molecule has 1 atom stereocenters. The number of pyridine rings is 1. The molecule has 0 unspecified atom stereocenters. The summed E-state index contributed by atoms with van der Waals surface area (Å²) >= 11 is 0. The number of hydrogen-bond acceptors (Lipinski definition) is 3. The number of nitrogens with zero attached hydrogens (tertiary/aromatic N) is 2. The van der Waals surface area contributed by atoms with Gasteiger partial charge in [-0.15, -0.1) is 0 Å². The van der Waals surface area contributed by atoms with Crippen molar-refractivity contribution >= 4 is 0 Å². The Morgan fingerprint density at radius 3 is 2.83 bits per heavy atom. The van der Waals surface area contributed by atoms with Crippen LogP contribution in [0.4, 0.5) is 0 Å². The van der Waals surface area contributed by atoms with Crippen molar-refractivity contribution in [3.05, 3.63) is 65.5 Å². The van der Waals surface area contributed by atoms with Crippen LogP contribution in [0.25, 0.3) is 0 Å². The molecule has 0 spiro atoms. The number of ether oxygens (including phenoxy) is 1. The standard InChI is InChI=1S/C20H26N2O/c1-17-7-5-11-19(21-17)15-22-13-14-23-20(16-22)12-6-10-18-8-3-2-4-9-18/h2-5,7-9,11,20H,6,10,12-16H2,1H3/t20-/m1/s1. The fourth-order valence-electron chi connectivity index (χ4n) is 3.19. The minimum Gasteiger partial charge on any atom is -0.376 e. The molecule has 3 heteroatoms. The van der Waals surface area contributed by atoms with E-state index in [4.69, 9.17) is 4.74 Å². The van der Waals surface area contributed by atoms with Crippen LogP contribution in [0.5, 0.6) is 0 Å². The average molecular weight is 310 g/mol. The third-order valence-electron chi connectivity index (χ3n) is 4.39. The summed E-state index contributed by atoms with van der Waals surface area (Å²) in [6.45, 7) is 5.84. The van der Waals surface area contributed by atoms with Gasteiger partial charge in [-0.1, -0.05) is 36.4 Å². The van der Waals surface area contributed by atoms with Crippen molar-refractivity contribution < 1.29 is 4.74 Å². The fraction of sp³-hybridized carbons (Fsp3) is 0.450. The predicted molar refractivity (Wildman–Crippen MR) is 93.4 cm³/mol. The van der Waals surface area contributed by atoms with Crippen molar-refractivity contribution in [3.63, 3.8) is 0 Å². The van der Waals surface area contributed by atoms with Crippen LogP contribution < -0.4 is 0 Å². The molecule has 1 aliphatic rings. The number of rotatable bonds is 6. The highest BCUT2D eigenvalue weighted by atomic mass is 16.5. The summed E-state index contributed by atoms with van der Waals surface area (Å²) < 4.78 is 5.95. The summed E-state index contributed by atoms with van der Waals surface area (Å²) in [5, 5.41) is 0. The molecule has 1 saturated heterocycles. The Morgan fingerprint density at radius 1 is 1.13 bits per heavy atom. The van der Waals surface area contributed by atoms with E-state index < -0.39 is 0 Å². The van der Waals surface area contributed by atoms with Gasteiger partial charge in [-0.25, -0.2) is 0 Å². The molecule has 3 nitrogen and oxygen atoms in total. The molecule has 2 heterocycles. The second kappa shape index (κ2) is 8.23. The SMILES string of the molecule is Cc1cccc(CN2CCO[C@H](CCCc3ccccc3)C2)n1. The Labute approximate surface area is 139 Å². The summed E-state index contributed by atoms with van der Waals surface area (Å²) in [6, 6.07) is 17.0. The predicted octanol–water partition coefficient (Wildman–Crippen LogP) is 3.61. The summed E-state index contributed by atoms with van der Waals surface area (Å²) in [7, 11) is 0. The monoisotopic (exact) mass is 310 g/mol. The largest absolute Gasteiger partial charge is 0.376 e. The van der Waals surface area contributed by atoms with Crippen LogP contribution in [0.2, 0.25) is 0 Å². The topological polar surface area (TPSA) is 25.4 Å². The molecule has 0 aliphatic carbocycles. The minimum atomic E-state index is 0.359. The second-order valence-corrected chi connectivity index (χ2v) is 6.38. The maximum absolute atomic E-state index is 5.95. The van der Waals surface area contributed by atoms with Crippen molar-refractivity contribution in [1.82, 2.24) is 9.88 Å². The summed E-state index contributed by atoms with van der Waals surface area (Å²) in [6.07, 6.45) is 3.81. The van der Waals surface area contributed by atoms with Crippen LogP contribution in [0.1, 0.15) is 29.8 Å². The first-order chi connectivity index (χ1) is 11.3. The molecule has 1 aliphatic heterocycles. The van der Waals surface area contributed by atoms with Gasteiger partial charge in [0, 0.05) is 25.3 Å². The maximum atomic E-state index is 5.95. The molecule has 0 amide bonds. The highest BCUT2D eigenvalue weighted by Crippen LogP contribution is 2.15. The number of hydrogen-bond donors (Lipinski definition) is 0. The van der Waals surface area contributed by atoms with Crippen molar-refractivity contribution in [2.45, 2.75) is 38.8 Å². The fourth-order valence-corrected chi connectivity index (χ4v) is 3.19. The third kappa shape index (κ3) is 5.15. The molecule has 0 radical (unpaired) electrons. The van der Waals surface area contributed by atoms with E-state index >= 15 is 0 Å². The molecule has 0 saturated carbocycles. The van der Waals surface area contributed by atoms with Gasteiger partial charge in [0.25, 0.3) is 0 Å². The molecule has 0 N–H and O–H groups in total. The molecule has 1 aromatic carbocycles. The Morgan fingerprint density at radius 2 is 2.00 bits per heavy atom. The molecule has 3 rings (SSSR count). The lowest BCUT2D eigenvalue weighted by atomic mass is 10.1. The van der Waals surface area contributed by atoms with Gasteiger partial charge in [-0.2, -0.15) is 0 Å². The first-order valence-electron chi connectivity index (χ1n) is 8.60. The van der Waals surface area contributed by atoms with E-state index in [1.54, 1.807) is 0 Å². The van der Waals surface area contributed by atoms with E-state index in [1.807, 2.05) is 0 Å². The van der Waals surface area contributed by atoms with Gasteiger partial charge in [0.05, 0.1) is 18.4 Å². The van der Waals surface area contributed by atoms with Crippen LogP contribution in [-0.4, -0.2) is 35.7 Å². The lowest BCUT2D eigenvalue weighted by molar-refractivity contribution is -0.0358. The lowest BCUT2D eigenvalue weighted by Crippen LogP contribution is -2.42. The van der Waals surface area contributed by atoms with E-state index in [-0.39, 0.29) is 0 Å². The van der Waals surface area contributed by atoms with Crippen LogP contribution in [0.15, 0.2) is 48.5 Å². The smallest absolute Gasteiger partial charge is 0.0702 e. The Bertz CT molecular complexity index is 600. The molecule has 0 bridgehead atoms. The molecule has 122 valence electrons. The van der Waals surface area contributed by atoms with Crippen LogP contribution in [-0.2, 0) is 17.7 Å². The van der Waals surface area contributed by atoms with Gasteiger partial charge in [0.2, 0.25) is 0 Å². The lowest BCUT2D eigenvalue weighted by Gasteiger charge is -2.32. The summed E-state index contributed by atoms with van der Waals surface area (Å²) in [5.74, 6) is 0.